The minimum absolute atomic E-state index is 0.263. The summed E-state index contributed by atoms with van der Waals surface area (Å²) in [5, 5.41) is 6.60. The summed E-state index contributed by atoms with van der Waals surface area (Å²) in [4.78, 5) is 0.263. The Morgan fingerprint density at radius 1 is 1.50 bits per heavy atom. The smallest absolute Gasteiger partial charge is 0.244 e. The van der Waals surface area contributed by atoms with Crippen molar-refractivity contribution in [1.82, 2.24) is 14.9 Å². The highest BCUT2D eigenvalue weighted by atomic mass is 32.2. The van der Waals surface area contributed by atoms with Crippen LogP contribution in [0.1, 0.15) is 24.2 Å². The van der Waals surface area contributed by atoms with Crippen molar-refractivity contribution >= 4 is 10.0 Å². The lowest BCUT2D eigenvalue weighted by Crippen LogP contribution is -2.33. The second-order valence-electron chi connectivity index (χ2n) is 4.70. The number of ether oxygens (including phenoxy) is 1. The van der Waals surface area contributed by atoms with Gasteiger partial charge < -0.3 is 4.74 Å². The third-order valence-electron chi connectivity index (χ3n) is 3.15. The highest BCUT2D eigenvalue weighted by Crippen LogP contribution is 2.18. The van der Waals surface area contributed by atoms with E-state index in [1.165, 1.54) is 0 Å². The fraction of sp³-hybridized carbons (Fsp3) is 0.727. The van der Waals surface area contributed by atoms with Gasteiger partial charge in [-0.25, -0.2) is 13.1 Å². The van der Waals surface area contributed by atoms with Gasteiger partial charge in [0.2, 0.25) is 10.0 Å². The lowest BCUT2D eigenvalue weighted by Gasteiger charge is -2.22. The maximum absolute atomic E-state index is 12.2. The molecule has 2 rings (SSSR count). The molecule has 0 aromatic carbocycles. The summed E-state index contributed by atoms with van der Waals surface area (Å²) in [6.07, 6.45) is 2.00. The van der Waals surface area contributed by atoms with Crippen LogP contribution in [0.25, 0.3) is 0 Å². The van der Waals surface area contributed by atoms with Crippen molar-refractivity contribution in [2.75, 3.05) is 19.8 Å². The van der Waals surface area contributed by atoms with E-state index in [9.17, 15) is 8.42 Å². The highest BCUT2D eigenvalue weighted by molar-refractivity contribution is 7.89. The summed E-state index contributed by atoms with van der Waals surface area (Å²) in [6.45, 7) is 5.22. The highest BCUT2D eigenvalue weighted by Gasteiger charge is 2.24. The Morgan fingerprint density at radius 2 is 2.28 bits per heavy atom. The van der Waals surface area contributed by atoms with Crippen molar-refractivity contribution in [2.24, 2.45) is 5.92 Å². The Morgan fingerprint density at radius 3 is 2.83 bits per heavy atom. The Labute approximate surface area is 107 Å². The monoisotopic (exact) mass is 273 g/mol. The van der Waals surface area contributed by atoms with Crippen molar-refractivity contribution < 1.29 is 13.2 Å². The minimum atomic E-state index is -3.48. The van der Waals surface area contributed by atoms with Crippen LogP contribution in [-0.4, -0.2) is 38.4 Å². The van der Waals surface area contributed by atoms with E-state index in [1.54, 1.807) is 13.8 Å². The van der Waals surface area contributed by atoms with Crippen molar-refractivity contribution in [3.63, 3.8) is 0 Å². The predicted molar refractivity (Wildman–Crippen MR) is 66.8 cm³/mol. The average Bonchev–Trinajstić information content (AvgIpc) is 2.69. The fourth-order valence-corrected chi connectivity index (χ4v) is 3.69. The van der Waals surface area contributed by atoms with Crippen LogP contribution in [-0.2, 0) is 14.8 Å². The number of hydrogen-bond acceptors (Lipinski definition) is 4. The molecule has 1 saturated heterocycles. The van der Waals surface area contributed by atoms with Crippen LogP contribution in [0.5, 0.6) is 0 Å². The Bertz CT molecular complexity index is 484. The number of aryl methyl sites for hydroxylation is 2. The molecule has 18 heavy (non-hydrogen) atoms. The van der Waals surface area contributed by atoms with Gasteiger partial charge in [-0.15, -0.1) is 0 Å². The topological polar surface area (TPSA) is 84.1 Å². The summed E-state index contributed by atoms with van der Waals surface area (Å²) >= 11 is 0. The summed E-state index contributed by atoms with van der Waals surface area (Å²) in [5.74, 6) is 0.265. The van der Waals surface area contributed by atoms with Crippen molar-refractivity contribution in [3.8, 4) is 0 Å². The molecule has 1 atom stereocenters. The van der Waals surface area contributed by atoms with E-state index in [4.69, 9.17) is 4.74 Å². The van der Waals surface area contributed by atoms with E-state index in [2.05, 4.69) is 14.9 Å². The number of aromatic nitrogens is 2. The molecule has 102 valence electrons. The van der Waals surface area contributed by atoms with Gasteiger partial charge in [0.25, 0.3) is 0 Å². The SMILES string of the molecule is Cc1n[nH]c(C)c1S(=O)(=O)NCC1CCCOC1. The molecule has 0 bridgehead atoms. The number of aromatic amines is 1. The van der Waals surface area contributed by atoms with E-state index in [1.807, 2.05) is 0 Å². The second-order valence-corrected chi connectivity index (χ2v) is 6.40. The molecule has 0 radical (unpaired) electrons. The fourth-order valence-electron chi connectivity index (χ4n) is 2.20. The number of nitrogens with one attached hydrogen (secondary N) is 2. The molecule has 7 heteroatoms. The van der Waals surface area contributed by atoms with Gasteiger partial charge in [-0.2, -0.15) is 5.10 Å². The van der Waals surface area contributed by atoms with E-state index in [0.717, 1.165) is 19.4 Å². The molecule has 0 saturated carbocycles. The van der Waals surface area contributed by atoms with Crippen molar-refractivity contribution in [3.05, 3.63) is 11.4 Å². The molecule has 2 heterocycles. The molecule has 0 spiro atoms. The Kier molecular flexibility index (Phi) is 4.04. The van der Waals surface area contributed by atoms with E-state index < -0.39 is 10.0 Å². The van der Waals surface area contributed by atoms with Gasteiger partial charge in [0.1, 0.15) is 4.90 Å². The van der Waals surface area contributed by atoms with E-state index in [0.29, 0.717) is 24.5 Å². The summed E-state index contributed by atoms with van der Waals surface area (Å²) < 4.78 is 32.3. The lowest BCUT2D eigenvalue weighted by atomic mass is 10.0. The number of H-pyrrole nitrogens is 1. The molecular formula is C11H19N3O3S. The maximum Gasteiger partial charge on any atom is 0.244 e. The molecule has 1 aromatic heterocycles. The average molecular weight is 273 g/mol. The first kappa shape index (κ1) is 13.5. The standard InChI is InChI=1S/C11H19N3O3S/c1-8-11(9(2)14-13-8)18(15,16)12-6-10-4-3-5-17-7-10/h10,12H,3-7H2,1-2H3,(H,13,14). The number of rotatable bonds is 4. The van der Waals surface area contributed by atoms with E-state index in [-0.39, 0.29) is 10.8 Å². The second kappa shape index (κ2) is 5.38. The Balaban J connectivity index is 2.03. The predicted octanol–water partition coefficient (Wildman–Crippen LogP) is 0.731. The number of sulfonamides is 1. The van der Waals surface area contributed by atoms with Crippen LogP contribution in [0.4, 0.5) is 0 Å². The molecule has 2 N–H and O–H groups in total. The van der Waals surface area contributed by atoms with Gasteiger partial charge >= 0.3 is 0 Å². The van der Waals surface area contributed by atoms with Gasteiger partial charge in [-0.05, 0) is 32.6 Å². The Hall–Kier alpha value is -0.920. The van der Waals surface area contributed by atoms with Crippen molar-refractivity contribution in [2.45, 2.75) is 31.6 Å². The summed E-state index contributed by atoms with van der Waals surface area (Å²) in [7, 11) is -3.48. The molecule has 0 amide bonds. The largest absolute Gasteiger partial charge is 0.381 e. The van der Waals surface area contributed by atoms with Crippen LogP contribution in [0, 0.1) is 19.8 Å². The molecule has 1 unspecified atom stereocenters. The van der Waals surface area contributed by atoms with Crippen LogP contribution >= 0.6 is 0 Å². The molecule has 1 aromatic rings. The molecular weight excluding hydrogens is 254 g/mol. The molecule has 1 fully saturated rings. The first-order chi connectivity index (χ1) is 8.50. The summed E-state index contributed by atoms with van der Waals surface area (Å²) in [5.41, 5.74) is 1.07. The quantitative estimate of drug-likeness (QED) is 0.847. The van der Waals surface area contributed by atoms with Gasteiger partial charge in [0.15, 0.2) is 0 Å². The van der Waals surface area contributed by atoms with Crippen LogP contribution < -0.4 is 4.72 Å². The molecule has 1 aliphatic heterocycles. The maximum atomic E-state index is 12.2. The van der Waals surface area contributed by atoms with Crippen LogP contribution in [0.15, 0.2) is 4.90 Å². The zero-order valence-corrected chi connectivity index (χ0v) is 11.5. The first-order valence-corrected chi connectivity index (χ1v) is 7.58. The molecule has 1 aliphatic rings. The lowest BCUT2D eigenvalue weighted by molar-refractivity contribution is 0.0568. The van der Waals surface area contributed by atoms with E-state index >= 15 is 0 Å². The van der Waals surface area contributed by atoms with Crippen LogP contribution in [0.2, 0.25) is 0 Å². The van der Waals surface area contributed by atoms with Gasteiger partial charge in [0.05, 0.1) is 18.0 Å². The number of nitrogens with zero attached hydrogens (tertiary/aromatic N) is 1. The molecule has 0 aliphatic carbocycles. The van der Waals surface area contributed by atoms with Crippen LogP contribution in [0.3, 0.4) is 0 Å². The zero-order valence-electron chi connectivity index (χ0n) is 10.7. The summed E-state index contributed by atoms with van der Waals surface area (Å²) in [6, 6.07) is 0. The van der Waals surface area contributed by atoms with Gasteiger partial charge in [0, 0.05) is 13.2 Å². The zero-order chi connectivity index (χ0) is 13.2. The third kappa shape index (κ3) is 2.90. The first-order valence-electron chi connectivity index (χ1n) is 6.09. The molecule has 6 nitrogen and oxygen atoms in total. The normalized spacial score (nSPS) is 21.1. The van der Waals surface area contributed by atoms with Gasteiger partial charge in [-0.1, -0.05) is 0 Å². The number of hydrogen-bond donors (Lipinski definition) is 2. The van der Waals surface area contributed by atoms with Gasteiger partial charge in [-0.3, -0.25) is 5.10 Å². The minimum Gasteiger partial charge on any atom is -0.381 e. The van der Waals surface area contributed by atoms with Crippen molar-refractivity contribution in [1.29, 1.82) is 0 Å². The third-order valence-corrected chi connectivity index (χ3v) is 4.83.